The van der Waals surface area contributed by atoms with Gasteiger partial charge in [-0.25, -0.2) is 9.78 Å². The number of nitrogens with two attached hydrogens (primary N) is 1. The van der Waals surface area contributed by atoms with Gasteiger partial charge < -0.3 is 36.2 Å². The maximum Gasteiger partial charge on any atom is 0.318 e. The van der Waals surface area contributed by atoms with Gasteiger partial charge in [-0.2, -0.15) is 0 Å². The number of urea groups is 1. The number of ether oxygens (including phenoxy) is 1. The zero-order valence-electron chi connectivity index (χ0n) is 21.6. The summed E-state index contributed by atoms with van der Waals surface area (Å²) in [6, 6.07) is 3.10. The van der Waals surface area contributed by atoms with Gasteiger partial charge in [0.25, 0.3) is 0 Å². The van der Waals surface area contributed by atoms with E-state index in [4.69, 9.17) is 15.9 Å². The van der Waals surface area contributed by atoms with Crippen molar-refractivity contribution in [1.29, 1.82) is 5.41 Å². The Balaban J connectivity index is 1.68. The van der Waals surface area contributed by atoms with Gasteiger partial charge >= 0.3 is 6.03 Å². The highest BCUT2D eigenvalue weighted by Gasteiger charge is 2.43. The molecule has 3 heterocycles. The predicted molar refractivity (Wildman–Crippen MR) is 141 cm³/mol. The number of amides is 3. The van der Waals surface area contributed by atoms with Crippen LogP contribution >= 0.6 is 0 Å². The Labute approximate surface area is 212 Å². The summed E-state index contributed by atoms with van der Waals surface area (Å²) in [5.41, 5.74) is 7.21. The fourth-order valence-electron chi connectivity index (χ4n) is 4.49. The van der Waals surface area contributed by atoms with Crippen LogP contribution in [0.15, 0.2) is 42.3 Å². The van der Waals surface area contributed by atoms with Crippen LogP contribution in [0.4, 0.5) is 16.3 Å². The molecule has 36 heavy (non-hydrogen) atoms. The molecule has 0 aliphatic carbocycles. The molecule has 1 fully saturated rings. The third-order valence-corrected chi connectivity index (χ3v) is 6.70. The molecule has 2 aliphatic heterocycles. The van der Waals surface area contributed by atoms with Gasteiger partial charge in [0.1, 0.15) is 11.7 Å². The molecule has 11 heteroatoms. The normalized spacial score (nSPS) is 18.6. The highest BCUT2D eigenvalue weighted by atomic mass is 16.5. The van der Waals surface area contributed by atoms with Gasteiger partial charge in [-0.3, -0.25) is 10.2 Å². The number of aromatic nitrogens is 1. The van der Waals surface area contributed by atoms with E-state index in [0.717, 1.165) is 19.4 Å². The predicted octanol–water partition coefficient (Wildman–Crippen LogP) is 1.97. The smallest absolute Gasteiger partial charge is 0.318 e. The lowest BCUT2D eigenvalue weighted by atomic mass is 9.91. The van der Waals surface area contributed by atoms with Gasteiger partial charge in [-0.15, -0.1) is 0 Å². The van der Waals surface area contributed by atoms with Crippen molar-refractivity contribution in [3.05, 3.63) is 42.3 Å². The van der Waals surface area contributed by atoms with Gasteiger partial charge in [0.15, 0.2) is 0 Å². The number of rotatable bonds is 8. The Bertz CT molecular complexity index is 1010. The van der Waals surface area contributed by atoms with Crippen molar-refractivity contribution >= 4 is 29.3 Å². The van der Waals surface area contributed by atoms with E-state index >= 15 is 0 Å². The average Bonchev–Trinajstić information content (AvgIpc) is 3.09. The van der Waals surface area contributed by atoms with Gasteiger partial charge in [0.05, 0.1) is 24.0 Å². The second kappa shape index (κ2) is 11.5. The summed E-state index contributed by atoms with van der Waals surface area (Å²) >= 11 is 0. The molecule has 11 nitrogen and oxygen atoms in total. The fraction of sp³-hybridized carbons (Fsp3) is 0.520. The van der Waals surface area contributed by atoms with E-state index in [0.29, 0.717) is 41.9 Å². The summed E-state index contributed by atoms with van der Waals surface area (Å²) < 4.78 is 5.51. The van der Waals surface area contributed by atoms with Crippen LogP contribution in [0.2, 0.25) is 0 Å². The first-order valence-corrected chi connectivity index (χ1v) is 12.1. The van der Waals surface area contributed by atoms with Crippen molar-refractivity contribution in [3.8, 4) is 0 Å². The number of carbonyl (C=O) groups is 2. The van der Waals surface area contributed by atoms with E-state index in [1.165, 1.54) is 12.3 Å². The zero-order valence-corrected chi connectivity index (χ0v) is 21.6. The molecule has 0 unspecified atom stereocenters. The molecule has 6 N–H and O–H groups in total. The minimum atomic E-state index is -0.766. The second-order valence-electron chi connectivity index (χ2n) is 9.93. The minimum absolute atomic E-state index is 0.0145. The van der Waals surface area contributed by atoms with Crippen molar-refractivity contribution in [3.63, 3.8) is 0 Å². The van der Waals surface area contributed by atoms with E-state index in [1.54, 1.807) is 17.0 Å². The standard InChI is InChI=1S/C25H38N8O3/c1-6-21(34)29-17-7-8-20(28-13-17)31-23(27)18-14-33(25(2,3)22(18)26)24(35)30-19(15-32(4)5)16-9-11-36-12-10-16/h6-8,13,16,19H,1,9-12,14-15,26H2,2-5H3,(H,29,34)(H,30,35)(H2,27,28,31)/t19-/m1/s1. The molecule has 196 valence electrons. The molecular formula is C25H38N8O3. The largest absolute Gasteiger partial charge is 0.400 e. The summed E-state index contributed by atoms with van der Waals surface area (Å²) in [6.07, 6.45) is 4.47. The Kier molecular flexibility index (Phi) is 8.70. The number of anilines is 2. The third kappa shape index (κ3) is 6.41. The van der Waals surface area contributed by atoms with Gasteiger partial charge in [-0.1, -0.05) is 6.58 Å². The van der Waals surface area contributed by atoms with Crippen molar-refractivity contribution in [2.24, 2.45) is 11.7 Å². The summed E-state index contributed by atoms with van der Waals surface area (Å²) in [5, 5.41) is 17.4. The maximum absolute atomic E-state index is 13.5. The van der Waals surface area contributed by atoms with Crippen molar-refractivity contribution in [2.75, 3.05) is 51.0 Å². The molecule has 1 saturated heterocycles. The molecule has 0 radical (unpaired) electrons. The molecule has 1 aromatic heterocycles. The number of amidine groups is 1. The summed E-state index contributed by atoms with van der Waals surface area (Å²) in [4.78, 5) is 32.9. The SMILES string of the molecule is C=CC(=O)Nc1ccc(NC(=N)C2=C(N)C(C)(C)N(C(=O)N[C@H](CN(C)C)C3CCOCC3)C2)nc1. The average molecular weight is 499 g/mol. The number of likely N-dealkylation sites (N-methyl/N-ethyl adjacent to an activating group) is 1. The quantitative estimate of drug-likeness (QED) is 0.209. The zero-order chi connectivity index (χ0) is 26.5. The Morgan fingerprint density at radius 1 is 1.33 bits per heavy atom. The van der Waals surface area contributed by atoms with Crippen LogP contribution in [0.3, 0.4) is 0 Å². The fourth-order valence-corrected chi connectivity index (χ4v) is 4.49. The van der Waals surface area contributed by atoms with Crippen LogP contribution in [-0.4, -0.2) is 84.5 Å². The number of hydrogen-bond acceptors (Lipinski definition) is 7. The second-order valence-corrected chi connectivity index (χ2v) is 9.93. The van der Waals surface area contributed by atoms with E-state index < -0.39 is 5.54 Å². The number of carbonyl (C=O) groups excluding carboxylic acids is 2. The molecule has 3 amide bonds. The molecular weight excluding hydrogens is 460 g/mol. The van der Waals surface area contributed by atoms with Gasteiger partial charge in [-0.05, 0) is 64.9 Å². The molecule has 0 spiro atoms. The van der Waals surface area contributed by atoms with Gasteiger partial charge in [0, 0.05) is 37.1 Å². The topological polar surface area (TPSA) is 149 Å². The first kappa shape index (κ1) is 27.2. The van der Waals surface area contributed by atoms with Crippen LogP contribution < -0.4 is 21.7 Å². The number of hydrogen-bond donors (Lipinski definition) is 5. The van der Waals surface area contributed by atoms with E-state index in [-0.39, 0.29) is 30.4 Å². The van der Waals surface area contributed by atoms with Crippen LogP contribution in [0, 0.1) is 11.3 Å². The van der Waals surface area contributed by atoms with E-state index in [1.807, 2.05) is 27.9 Å². The van der Waals surface area contributed by atoms with Crippen LogP contribution in [-0.2, 0) is 9.53 Å². The molecule has 1 aromatic rings. The minimum Gasteiger partial charge on any atom is -0.400 e. The molecule has 0 bridgehead atoms. The molecule has 1 atom stereocenters. The lowest BCUT2D eigenvalue weighted by molar-refractivity contribution is -0.111. The van der Waals surface area contributed by atoms with Crippen molar-refractivity contribution in [1.82, 2.24) is 20.1 Å². The number of nitrogens with zero attached hydrogens (tertiary/aromatic N) is 3. The summed E-state index contributed by atoms with van der Waals surface area (Å²) in [7, 11) is 3.99. The summed E-state index contributed by atoms with van der Waals surface area (Å²) in [5.74, 6) is 0.494. The van der Waals surface area contributed by atoms with Crippen LogP contribution in [0.1, 0.15) is 26.7 Å². The first-order chi connectivity index (χ1) is 17.0. The lowest BCUT2D eigenvalue weighted by Gasteiger charge is -2.37. The molecule has 0 aromatic carbocycles. The van der Waals surface area contributed by atoms with Gasteiger partial charge in [0.2, 0.25) is 5.91 Å². The van der Waals surface area contributed by atoms with Crippen LogP contribution in [0.5, 0.6) is 0 Å². The Morgan fingerprint density at radius 2 is 2.03 bits per heavy atom. The Hall–Kier alpha value is -3.44. The maximum atomic E-state index is 13.5. The highest BCUT2D eigenvalue weighted by Crippen LogP contribution is 2.32. The molecule has 0 saturated carbocycles. The molecule has 2 aliphatic rings. The van der Waals surface area contributed by atoms with Crippen LogP contribution in [0.25, 0.3) is 0 Å². The lowest BCUT2D eigenvalue weighted by Crippen LogP contribution is -2.56. The number of nitrogens with one attached hydrogen (secondary N) is 4. The first-order valence-electron chi connectivity index (χ1n) is 12.1. The number of pyridine rings is 1. The summed E-state index contributed by atoms with van der Waals surface area (Å²) in [6.45, 7) is 9.52. The van der Waals surface area contributed by atoms with Crippen molar-refractivity contribution in [2.45, 2.75) is 38.3 Å². The van der Waals surface area contributed by atoms with E-state index in [9.17, 15) is 9.59 Å². The highest BCUT2D eigenvalue weighted by molar-refractivity contribution is 6.07. The monoisotopic (exact) mass is 498 g/mol. The third-order valence-electron chi connectivity index (χ3n) is 6.70. The Morgan fingerprint density at radius 3 is 2.61 bits per heavy atom. The van der Waals surface area contributed by atoms with E-state index in [2.05, 4.69) is 32.4 Å². The molecule has 3 rings (SSSR count). The van der Waals surface area contributed by atoms with Crippen molar-refractivity contribution < 1.29 is 14.3 Å².